The highest BCUT2D eigenvalue weighted by atomic mass is 32.1. The van der Waals surface area contributed by atoms with E-state index in [1.54, 1.807) is 0 Å². The van der Waals surface area contributed by atoms with E-state index < -0.39 is 0 Å². The van der Waals surface area contributed by atoms with E-state index in [0.29, 0.717) is 11.5 Å². The summed E-state index contributed by atoms with van der Waals surface area (Å²) in [6.45, 7) is 6.90. The zero-order valence-electron chi connectivity index (χ0n) is 12.9. The van der Waals surface area contributed by atoms with Crippen molar-refractivity contribution < 1.29 is 0 Å². The lowest BCUT2D eigenvalue weighted by molar-refractivity contribution is 0.262. The molecule has 0 bridgehead atoms. The molecule has 20 heavy (non-hydrogen) atoms. The van der Waals surface area contributed by atoms with Crippen LogP contribution in [-0.4, -0.2) is 19.3 Å². The van der Waals surface area contributed by atoms with E-state index in [0.717, 1.165) is 28.8 Å². The summed E-state index contributed by atoms with van der Waals surface area (Å²) >= 11 is 5.62. The maximum atomic E-state index is 5.62. The summed E-state index contributed by atoms with van der Waals surface area (Å²) in [5, 5.41) is 4.68. The highest BCUT2D eigenvalue weighted by Crippen LogP contribution is 2.47. The van der Waals surface area contributed by atoms with Crippen molar-refractivity contribution in [2.75, 3.05) is 0 Å². The van der Waals surface area contributed by atoms with Crippen LogP contribution in [-0.2, 0) is 13.5 Å². The molecule has 3 rings (SSSR count). The number of nitrogens with zero attached hydrogens (tertiary/aromatic N) is 3. The number of aromatic amines is 1. The van der Waals surface area contributed by atoms with Crippen LogP contribution in [0.25, 0.3) is 11.2 Å². The zero-order valence-corrected chi connectivity index (χ0v) is 13.7. The maximum Gasteiger partial charge on any atom is 0.179 e. The number of imidazole rings is 1. The van der Waals surface area contributed by atoms with E-state index in [2.05, 4.69) is 35.4 Å². The fourth-order valence-corrected chi connectivity index (χ4v) is 4.04. The van der Waals surface area contributed by atoms with E-state index in [4.69, 9.17) is 12.2 Å². The highest BCUT2D eigenvalue weighted by Gasteiger charge is 2.37. The average molecular weight is 292 g/mol. The van der Waals surface area contributed by atoms with Crippen LogP contribution in [0.4, 0.5) is 0 Å². The minimum Gasteiger partial charge on any atom is -0.328 e. The predicted molar refractivity (Wildman–Crippen MR) is 84.6 cm³/mol. The summed E-state index contributed by atoms with van der Waals surface area (Å²) in [7, 11) is 2.03. The van der Waals surface area contributed by atoms with Gasteiger partial charge < -0.3 is 4.98 Å². The topological polar surface area (TPSA) is 38.5 Å². The van der Waals surface area contributed by atoms with Crippen LogP contribution in [0.2, 0.25) is 0 Å². The Bertz CT molecular complexity index is 689. The SMILES string of the molecule is CCCc1nn(C)c2c1[nH]c(=S)n2C1CCCC1(C)C. The quantitative estimate of drug-likeness (QED) is 0.864. The Kier molecular flexibility index (Phi) is 3.27. The number of H-pyrrole nitrogens is 1. The molecule has 2 aromatic heterocycles. The Morgan fingerprint density at radius 3 is 2.80 bits per heavy atom. The lowest BCUT2D eigenvalue weighted by Crippen LogP contribution is -2.22. The molecule has 1 atom stereocenters. The summed E-state index contributed by atoms with van der Waals surface area (Å²) in [5.41, 5.74) is 3.76. The van der Waals surface area contributed by atoms with Crippen LogP contribution in [0.15, 0.2) is 0 Å². The smallest absolute Gasteiger partial charge is 0.179 e. The molecule has 2 heterocycles. The molecule has 1 aliphatic carbocycles. The number of aryl methyl sites for hydroxylation is 2. The summed E-state index contributed by atoms with van der Waals surface area (Å²) in [6, 6.07) is 0.480. The highest BCUT2D eigenvalue weighted by molar-refractivity contribution is 7.71. The molecule has 2 aromatic rings. The molecule has 5 heteroatoms. The summed E-state index contributed by atoms with van der Waals surface area (Å²) in [4.78, 5) is 3.41. The minimum absolute atomic E-state index is 0.308. The van der Waals surface area contributed by atoms with E-state index in [1.807, 2.05) is 11.7 Å². The van der Waals surface area contributed by atoms with Crippen LogP contribution in [0.1, 0.15) is 58.2 Å². The third kappa shape index (κ3) is 1.94. The van der Waals surface area contributed by atoms with Crippen molar-refractivity contribution in [1.82, 2.24) is 19.3 Å². The molecule has 1 N–H and O–H groups in total. The summed E-state index contributed by atoms with van der Waals surface area (Å²) < 4.78 is 5.18. The Hall–Kier alpha value is -1.10. The number of fused-ring (bicyclic) bond motifs is 1. The molecule has 4 nitrogen and oxygen atoms in total. The second kappa shape index (κ2) is 4.72. The first kappa shape index (κ1) is 13.9. The summed E-state index contributed by atoms with van der Waals surface area (Å²) in [5.74, 6) is 0. The van der Waals surface area contributed by atoms with Gasteiger partial charge in [0.1, 0.15) is 5.52 Å². The standard InChI is InChI=1S/C15H24N4S/c1-5-7-10-12-13(18(4)17-10)19(14(20)16-12)11-8-6-9-15(11,2)3/h11H,5-9H2,1-4H3,(H,16,20). The average Bonchev–Trinajstić information content (AvgIpc) is 2.96. The van der Waals surface area contributed by atoms with Crippen LogP contribution >= 0.6 is 12.2 Å². The number of hydrogen-bond acceptors (Lipinski definition) is 2. The molecule has 0 aromatic carbocycles. The molecule has 0 aliphatic heterocycles. The van der Waals surface area contributed by atoms with E-state index in [9.17, 15) is 0 Å². The fraction of sp³-hybridized carbons (Fsp3) is 0.733. The number of aromatic nitrogens is 4. The monoisotopic (exact) mass is 292 g/mol. The normalized spacial score (nSPS) is 21.9. The molecule has 1 saturated carbocycles. The van der Waals surface area contributed by atoms with Crippen molar-refractivity contribution in [1.29, 1.82) is 0 Å². The van der Waals surface area contributed by atoms with Gasteiger partial charge in [-0.2, -0.15) is 5.10 Å². The maximum absolute atomic E-state index is 5.62. The van der Waals surface area contributed by atoms with Crippen molar-refractivity contribution in [3.05, 3.63) is 10.5 Å². The molecular weight excluding hydrogens is 268 g/mol. The third-order valence-electron chi connectivity index (χ3n) is 4.77. The van der Waals surface area contributed by atoms with Gasteiger partial charge >= 0.3 is 0 Å². The van der Waals surface area contributed by atoms with Gasteiger partial charge in [-0.05, 0) is 36.9 Å². The van der Waals surface area contributed by atoms with Crippen LogP contribution in [0, 0.1) is 10.2 Å². The first-order valence-corrected chi connectivity index (χ1v) is 8.02. The Balaban J connectivity index is 2.21. The first-order chi connectivity index (χ1) is 9.45. The molecule has 0 saturated heterocycles. The zero-order chi connectivity index (χ0) is 14.5. The molecule has 1 unspecified atom stereocenters. The minimum atomic E-state index is 0.308. The summed E-state index contributed by atoms with van der Waals surface area (Å²) in [6.07, 6.45) is 5.87. The number of rotatable bonds is 3. The van der Waals surface area contributed by atoms with Gasteiger partial charge in [-0.25, -0.2) is 0 Å². The molecule has 0 radical (unpaired) electrons. The van der Waals surface area contributed by atoms with E-state index >= 15 is 0 Å². The van der Waals surface area contributed by atoms with Gasteiger partial charge in [0.2, 0.25) is 0 Å². The van der Waals surface area contributed by atoms with Gasteiger partial charge in [-0.3, -0.25) is 9.25 Å². The van der Waals surface area contributed by atoms with Crippen molar-refractivity contribution in [2.45, 2.75) is 58.9 Å². The van der Waals surface area contributed by atoms with E-state index in [1.165, 1.54) is 24.9 Å². The molecule has 1 aliphatic rings. The van der Waals surface area contributed by atoms with Crippen molar-refractivity contribution in [3.8, 4) is 0 Å². The number of nitrogens with one attached hydrogen (secondary N) is 1. The molecule has 0 amide bonds. The number of hydrogen-bond donors (Lipinski definition) is 1. The lowest BCUT2D eigenvalue weighted by Gasteiger charge is -2.28. The van der Waals surface area contributed by atoms with Crippen molar-refractivity contribution in [2.24, 2.45) is 12.5 Å². The molecule has 0 spiro atoms. The van der Waals surface area contributed by atoms with E-state index in [-0.39, 0.29) is 0 Å². The van der Waals surface area contributed by atoms with Gasteiger partial charge in [-0.15, -0.1) is 0 Å². The van der Waals surface area contributed by atoms with Crippen LogP contribution < -0.4 is 0 Å². The molecule has 110 valence electrons. The largest absolute Gasteiger partial charge is 0.328 e. The van der Waals surface area contributed by atoms with Crippen LogP contribution in [0.3, 0.4) is 0 Å². The van der Waals surface area contributed by atoms with Gasteiger partial charge in [0, 0.05) is 13.1 Å². The molecular formula is C15H24N4S. The Morgan fingerprint density at radius 1 is 1.45 bits per heavy atom. The second-order valence-electron chi connectivity index (χ2n) is 6.72. The van der Waals surface area contributed by atoms with Gasteiger partial charge in [0.05, 0.1) is 5.69 Å². The van der Waals surface area contributed by atoms with Crippen molar-refractivity contribution >= 4 is 23.4 Å². The Morgan fingerprint density at radius 2 is 2.20 bits per heavy atom. The first-order valence-electron chi connectivity index (χ1n) is 7.62. The molecule has 1 fully saturated rings. The second-order valence-corrected chi connectivity index (χ2v) is 7.10. The van der Waals surface area contributed by atoms with Crippen LogP contribution in [0.5, 0.6) is 0 Å². The Labute approximate surface area is 125 Å². The van der Waals surface area contributed by atoms with Gasteiger partial charge in [0.15, 0.2) is 10.4 Å². The predicted octanol–water partition coefficient (Wildman–Crippen LogP) is 4.14. The lowest BCUT2D eigenvalue weighted by atomic mass is 9.87. The van der Waals surface area contributed by atoms with Crippen molar-refractivity contribution in [3.63, 3.8) is 0 Å². The van der Waals surface area contributed by atoms with Gasteiger partial charge in [-0.1, -0.05) is 33.6 Å². The fourth-order valence-electron chi connectivity index (χ4n) is 3.72. The van der Waals surface area contributed by atoms with Gasteiger partial charge in [0.25, 0.3) is 0 Å². The third-order valence-corrected chi connectivity index (χ3v) is 5.07.